The van der Waals surface area contributed by atoms with Crippen LogP contribution in [0.1, 0.15) is 44.1 Å². The third-order valence-electron chi connectivity index (χ3n) is 5.18. The second-order valence-electron chi connectivity index (χ2n) is 6.56. The van der Waals surface area contributed by atoms with E-state index in [0.717, 1.165) is 35.7 Å². The van der Waals surface area contributed by atoms with Crippen molar-refractivity contribution in [1.29, 1.82) is 0 Å². The lowest BCUT2D eigenvalue weighted by molar-refractivity contribution is -0.143. The first kappa shape index (κ1) is 15.5. The number of carbonyl (C=O) groups excluding carboxylic acids is 1. The van der Waals surface area contributed by atoms with E-state index in [0.29, 0.717) is 12.8 Å². The summed E-state index contributed by atoms with van der Waals surface area (Å²) < 4.78 is 0.993. The molecule has 3 rings (SSSR count). The van der Waals surface area contributed by atoms with Crippen molar-refractivity contribution in [2.24, 2.45) is 5.41 Å². The van der Waals surface area contributed by atoms with Crippen LogP contribution in [0, 0.1) is 5.41 Å². The van der Waals surface area contributed by atoms with E-state index >= 15 is 0 Å². The van der Waals surface area contributed by atoms with Gasteiger partial charge in [0.25, 0.3) is 0 Å². The van der Waals surface area contributed by atoms with Crippen LogP contribution in [0.5, 0.6) is 0 Å². The Morgan fingerprint density at radius 1 is 1.09 bits per heavy atom. The van der Waals surface area contributed by atoms with Gasteiger partial charge in [-0.3, -0.25) is 9.59 Å². The molecule has 1 aromatic carbocycles. The fourth-order valence-electron chi connectivity index (χ4n) is 3.43. The summed E-state index contributed by atoms with van der Waals surface area (Å²) in [6.45, 7) is 0.249. The highest BCUT2D eigenvalue weighted by Gasteiger charge is 2.51. The zero-order valence-corrected chi connectivity index (χ0v) is 14.0. The summed E-state index contributed by atoms with van der Waals surface area (Å²) in [7, 11) is 0. The minimum absolute atomic E-state index is 0.0140. The zero-order chi connectivity index (χ0) is 15.8. The molecular formula is C17H20BrNO3. The van der Waals surface area contributed by atoms with Crippen molar-refractivity contribution in [3.05, 3.63) is 34.3 Å². The number of nitrogens with one attached hydrogen (secondary N) is 1. The topological polar surface area (TPSA) is 66.4 Å². The zero-order valence-electron chi connectivity index (χ0n) is 12.4. The molecule has 2 aliphatic carbocycles. The lowest BCUT2D eigenvalue weighted by atomic mass is 9.78. The molecular weight excluding hydrogens is 346 g/mol. The first-order valence-electron chi connectivity index (χ1n) is 7.76. The van der Waals surface area contributed by atoms with Crippen molar-refractivity contribution in [3.63, 3.8) is 0 Å². The average molecular weight is 366 g/mol. The molecule has 2 aliphatic rings. The lowest BCUT2D eigenvalue weighted by Crippen LogP contribution is -2.45. The Kier molecular flexibility index (Phi) is 4.02. The minimum atomic E-state index is -0.795. The Hall–Kier alpha value is -1.36. The average Bonchev–Trinajstić information content (AvgIpc) is 3.14. The molecule has 1 aromatic rings. The summed E-state index contributed by atoms with van der Waals surface area (Å²) in [6, 6.07) is 7.92. The van der Waals surface area contributed by atoms with Crippen molar-refractivity contribution in [2.45, 2.75) is 43.9 Å². The summed E-state index contributed by atoms with van der Waals surface area (Å²) in [4.78, 5) is 24.1. The summed E-state index contributed by atoms with van der Waals surface area (Å²) in [5.41, 5.74) is -0.171. The van der Waals surface area contributed by atoms with Gasteiger partial charge in [-0.25, -0.2) is 0 Å². The Morgan fingerprint density at radius 2 is 1.68 bits per heavy atom. The maximum absolute atomic E-state index is 12.8. The number of amides is 1. The molecule has 0 spiro atoms. The molecule has 4 nitrogen and oxygen atoms in total. The molecule has 2 N–H and O–H groups in total. The van der Waals surface area contributed by atoms with Crippen molar-refractivity contribution in [1.82, 2.24) is 5.32 Å². The van der Waals surface area contributed by atoms with E-state index in [4.69, 9.17) is 0 Å². The summed E-state index contributed by atoms with van der Waals surface area (Å²) in [5, 5.41) is 12.2. The molecule has 0 aliphatic heterocycles. The maximum Gasteiger partial charge on any atom is 0.311 e. The number of carboxylic acid groups (broad SMARTS) is 1. The van der Waals surface area contributed by atoms with Gasteiger partial charge in [-0.15, -0.1) is 0 Å². The molecule has 0 aromatic heterocycles. The third kappa shape index (κ3) is 2.67. The summed E-state index contributed by atoms with van der Waals surface area (Å²) in [6.07, 6.45) is 5.06. The quantitative estimate of drug-likeness (QED) is 0.841. The van der Waals surface area contributed by atoms with E-state index in [-0.39, 0.29) is 12.5 Å². The first-order chi connectivity index (χ1) is 10.5. The Balaban J connectivity index is 1.77. The predicted molar refractivity (Wildman–Crippen MR) is 86.6 cm³/mol. The molecule has 2 saturated carbocycles. The van der Waals surface area contributed by atoms with Crippen LogP contribution in [0.3, 0.4) is 0 Å². The number of halogens is 1. The monoisotopic (exact) mass is 365 g/mol. The number of hydrogen-bond acceptors (Lipinski definition) is 2. The van der Waals surface area contributed by atoms with Crippen LogP contribution in [0.15, 0.2) is 28.7 Å². The standard InChI is InChI=1S/C17H20BrNO3/c18-13-5-3-12(4-6-13)17(7-1-2-8-17)14(20)19-11-16(9-10-16)15(21)22/h3-6H,1-2,7-11H2,(H,19,20)(H,21,22). The van der Waals surface area contributed by atoms with Crippen molar-refractivity contribution >= 4 is 27.8 Å². The Morgan fingerprint density at radius 3 is 2.18 bits per heavy atom. The minimum Gasteiger partial charge on any atom is -0.481 e. The highest BCUT2D eigenvalue weighted by molar-refractivity contribution is 9.10. The van der Waals surface area contributed by atoms with E-state index in [2.05, 4.69) is 21.2 Å². The smallest absolute Gasteiger partial charge is 0.311 e. The molecule has 1 amide bonds. The predicted octanol–water partition coefficient (Wildman–Crippen LogP) is 3.24. The SMILES string of the molecule is O=C(O)C1(CNC(=O)C2(c3ccc(Br)cc3)CCCC2)CC1. The van der Waals surface area contributed by atoms with E-state index in [1.165, 1.54) is 0 Å². The first-order valence-corrected chi connectivity index (χ1v) is 8.56. The van der Waals surface area contributed by atoms with Gasteiger partial charge in [-0.05, 0) is 43.4 Å². The molecule has 0 unspecified atom stereocenters. The number of carbonyl (C=O) groups is 2. The number of carboxylic acids is 1. The molecule has 0 bridgehead atoms. The Labute approximate surface area is 138 Å². The van der Waals surface area contributed by atoms with E-state index in [1.807, 2.05) is 24.3 Å². The van der Waals surface area contributed by atoms with Crippen LogP contribution < -0.4 is 5.32 Å². The van der Waals surface area contributed by atoms with Crippen molar-refractivity contribution in [2.75, 3.05) is 6.54 Å². The fraction of sp³-hybridized carbons (Fsp3) is 0.529. The van der Waals surface area contributed by atoms with Crippen LogP contribution in [-0.2, 0) is 15.0 Å². The van der Waals surface area contributed by atoms with Gasteiger partial charge in [-0.1, -0.05) is 40.9 Å². The normalized spacial score (nSPS) is 21.3. The highest BCUT2D eigenvalue weighted by Crippen LogP contribution is 2.46. The van der Waals surface area contributed by atoms with Gasteiger partial charge in [0.1, 0.15) is 0 Å². The fourth-order valence-corrected chi connectivity index (χ4v) is 3.69. The van der Waals surface area contributed by atoms with Crippen LogP contribution in [0.4, 0.5) is 0 Å². The molecule has 0 heterocycles. The Bertz CT molecular complexity index is 586. The van der Waals surface area contributed by atoms with Crippen molar-refractivity contribution < 1.29 is 14.7 Å². The number of aliphatic carboxylic acids is 1. The maximum atomic E-state index is 12.8. The van der Waals surface area contributed by atoms with Gasteiger partial charge in [0.2, 0.25) is 5.91 Å². The lowest BCUT2D eigenvalue weighted by Gasteiger charge is -2.29. The molecule has 5 heteroatoms. The number of hydrogen-bond donors (Lipinski definition) is 2. The van der Waals surface area contributed by atoms with Crippen LogP contribution >= 0.6 is 15.9 Å². The van der Waals surface area contributed by atoms with Gasteiger partial charge in [0, 0.05) is 11.0 Å². The summed E-state index contributed by atoms with van der Waals surface area (Å²) in [5.74, 6) is -0.809. The van der Waals surface area contributed by atoms with E-state index in [1.54, 1.807) is 0 Å². The van der Waals surface area contributed by atoms with E-state index in [9.17, 15) is 14.7 Å². The number of benzene rings is 1. The molecule has 2 fully saturated rings. The van der Waals surface area contributed by atoms with Gasteiger partial charge >= 0.3 is 5.97 Å². The molecule has 0 saturated heterocycles. The molecule has 0 atom stereocenters. The summed E-state index contributed by atoms with van der Waals surface area (Å²) >= 11 is 3.42. The van der Waals surface area contributed by atoms with Gasteiger partial charge < -0.3 is 10.4 Å². The second kappa shape index (κ2) is 5.69. The molecule has 22 heavy (non-hydrogen) atoms. The van der Waals surface area contributed by atoms with Gasteiger partial charge in [-0.2, -0.15) is 0 Å². The molecule has 118 valence electrons. The highest BCUT2D eigenvalue weighted by atomic mass is 79.9. The van der Waals surface area contributed by atoms with Crippen LogP contribution in [-0.4, -0.2) is 23.5 Å². The van der Waals surface area contributed by atoms with Crippen molar-refractivity contribution in [3.8, 4) is 0 Å². The van der Waals surface area contributed by atoms with Crippen LogP contribution in [0.2, 0.25) is 0 Å². The third-order valence-corrected chi connectivity index (χ3v) is 5.71. The largest absolute Gasteiger partial charge is 0.481 e. The molecule has 0 radical (unpaired) electrons. The van der Waals surface area contributed by atoms with E-state index < -0.39 is 16.8 Å². The van der Waals surface area contributed by atoms with Crippen LogP contribution in [0.25, 0.3) is 0 Å². The number of rotatable bonds is 5. The van der Waals surface area contributed by atoms with Gasteiger partial charge in [0.15, 0.2) is 0 Å². The second-order valence-corrected chi connectivity index (χ2v) is 7.48. The van der Waals surface area contributed by atoms with Gasteiger partial charge in [0.05, 0.1) is 10.8 Å².